The van der Waals surface area contributed by atoms with Crippen LogP contribution in [-0.4, -0.2) is 20.7 Å². The second-order valence-electron chi connectivity index (χ2n) is 4.35. The lowest BCUT2D eigenvalue weighted by atomic mass is 10.1. The summed E-state index contributed by atoms with van der Waals surface area (Å²) in [5.74, 6) is -2.05. The van der Waals surface area contributed by atoms with Crippen LogP contribution >= 0.6 is 0 Å². The minimum absolute atomic E-state index is 0.150. The monoisotopic (exact) mass is 281 g/mol. The molecule has 0 saturated heterocycles. The Bertz CT molecular complexity index is 632. The molecular formula is C12H13F2N5O. The maximum atomic E-state index is 13.3. The number of anilines is 1. The number of benzene rings is 1. The molecule has 2 rings (SSSR count). The van der Waals surface area contributed by atoms with Gasteiger partial charge in [-0.25, -0.2) is 8.78 Å². The fourth-order valence-electron chi connectivity index (χ4n) is 1.74. The molecule has 1 aromatic carbocycles. The fourth-order valence-corrected chi connectivity index (χ4v) is 1.74. The van der Waals surface area contributed by atoms with E-state index in [9.17, 15) is 13.6 Å². The Morgan fingerprint density at radius 3 is 2.50 bits per heavy atom. The van der Waals surface area contributed by atoms with Crippen molar-refractivity contribution in [2.24, 2.45) is 7.05 Å². The number of rotatable bonds is 3. The zero-order valence-electron chi connectivity index (χ0n) is 10.9. The Hall–Kier alpha value is -2.51. The van der Waals surface area contributed by atoms with Gasteiger partial charge >= 0.3 is 0 Å². The van der Waals surface area contributed by atoms with Crippen LogP contribution in [0.15, 0.2) is 18.5 Å². The van der Waals surface area contributed by atoms with Crippen molar-refractivity contribution in [3.05, 3.63) is 41.5 Å². The summed E-state index contributed by atoms with van der Waals surface area (Å²) in [6.07, 6.45) is 1.49. The topological polar surface area (TPSA) is 85.8 Å². The van der Waals surface area contributed by atoms with E-state index < -0.39 is 29.3 Å². The molecule has 3 N–H and O–H groups in total. The van der Waals surface area contributed by atoms with Crippen LogP contribution in [0.2, 0.25) is 0 Å². The summed E-state index contributed by atoms with van der Waals surface area (Å²) in [5.41, 5.74) is 4.39. The second-order valence-corrected chi connectivity index (χ2v) is 4.35. The maximum absolute atomic E-state index is 13.3. The number of halogens is 2. The van der Waals surface area contributed by atoms with Crippen molar-refractivity contribution in [3.63, 3.8) is 0 Å². The zero-order valence-corrected chi connectivity index (χ0v) is 10.9. The van der Waals surface area contributed by atoms with Gasteiger partial charge in [0.15, 0.2) is 5.82 Å². The zero-order chi connectivity index (χ0) is 14.9. The van der Waals surface area contributed by atoms with Crippen molar-refractivity contribution < 1.29 is 13.6 Å². The maximum Gasteiger partial charge on any atom is 0.252 e. The van der Waals surface area contributed by atoms with E-state index in [0.29, 0.717) is 5.82 Å². The molecule has 1 aromatic heterocycles. The number of carbonyl (C=O) groups is 1. The van der Waals surface area contributed by atoms with Gasteiger partial charge in [-0.2, -0.15) is 0 Å². The van der Waals surface area contributed by atoms with Gasteiger partial charge in [0, 0.05) is 12.6 Å². The Morgan fingerprint density at radius 1 is 1.40 bits per heavy atom. The number of hydrogen-bond donors (Lipinski definition) is 2. The highest BCUT2D eigenvalue weighted by Crippen LogP contribution is 2.18. The summed E-state index contributed by atoms with van der Waals surface area (Å²) in [5, 5.41) is 10.1. The number of aryl methyl sites for hydroxylation is 1. The molecular weight excluding hydrogens is 268 g/mol. The largest absolute Gasteiger partial charge is 0.394 e. The van der Waals surface area contributed by atoms with Crippen molar-refractivity contribution >= 4 is 11.6 Å². The minimum Gasteiger partial charge on any atom is -0.394 e. The normalized spacial score (nSPS) is 12.2. The van der Waals surface area contributed by atoms with E-state index >= 15 is 0 Å². The van der Waals surface area contributed by atoms with Gasteiger partial charge in [0.25, 0.3) is 5.91 Å². The molecule has 1 amide bonds. The van der Waals surface area contributed by atoms with Gasteiger partial charge in [0.2, 0.25) is 0 Å². The van der Waals surface area contributed by atoms with Crippen LogP contribution in [0.3, 0.4) is 0 Å². The van der Waals surface area contributed by atoms with Gasteiger partial charge in [-0.1, -0.05) is 0 Å². The van der Waals surface area contributed by atoms with Crippen molar-refractivity contribution in [1.29, 1.82) is 0 Å². The van der Waals surface area contributed by atoms with Crippen LogP contribution in [0.1, 0.15) is 29.1 Å². The molecule has 6 nitrogen and oxygen atoms in total. The Morgan fingerprint density at radius 2 is 2.00 bits per heavy atom. The molecule has 0 fully saturated rings. The lowest BCUT2D eigenvalue weighted by molar-refractivity contribution is 0.0937. The Kier molecular flexibility index (Phi) is 3.64. The summed E-state index contributed by atoms with van der Waals surface area (Å²) in [6, 6.07) is 1.31. The average Bonchev–Trinajstić information content (AvgIpc) is 2.81. The van der Waals surface area contributed by atoms with Gasteiger partial charge in [-0.15, -0.1) is 10.2 Å². The predicted molar refractivity (Wildman–Crippen MR) is 67.7 cm³/mol. The van der Waals surface area contributed by atoms with E-state index in [-0.39, 0.29) is 5.56 Å². The van der Waals surface area contributed by atoms with E-state index in [4.69, 9.17) is 5.73 Å². The molecule has 2 aromatic rings. The number of hydrogen-bond acceptors (Lipinski definition) is 4. The van der Waals surface area contributed by atoms with Crippen LogP contribution < -0.4 is 11.1 Å². The number of nitrogens with zero attached hydrogens (tertiary/aromatic N) is 3. The van der Waals surface area contributed by atoms with Gasteiger partial charge in [0.1, 0.15) is 23.6 Å². The summed E-state index contributed by atoms with van der Waals surface area (Å²) < 4.78 is 28.2. The molecule has 1 atom stereocenters. The molecule has 20 heavy (non-hydrogen) atoms. The standard InChI is InChI=1S/C12H13F2N5O/c1-6(11-18-16-5-19(11)2)17-12(20)7-3-8(13)10(15)9(14)4-7/h3-6H,15H2,1-2H3,(H,17,20). The van der Waals surface area contributed by atoms with Crippen LogP contribution in [0, 0.1) is 11.6 Å². The van der Waals surface area contributed by atoms with Crippen LogP contribution in [-0.2, 0) is 7.05 Å². The molecule has 8 heteroatoms. The highest BCUT2D eigenvalue weighted by Gasteiger charge is 2.18. The Balaban J connectivity index is 2.19. The van der Waals surface area contributed by atoms with E-state index in [0.717, 1.165) is 12.1 Å². The summed E-state index contributed by atoms with van der Waals surface area (Å²) in [6.45, 7) is 1.69. The molecule has 106 valence electrons. The molecule has 0 aliphatic rings. The van der Waals surface area contributed by atoms with Crippen LogP contribution in [0.4, 0.5) is 14.5 Å². The quantitative estimate of drug-likeness (QED) is 0.827. The highest BCUT2D eigenvalue weighted by molar-refractivity contribution is 5.94. The number of nitrogens with one attached hydrogen (secondary N) is 1. The fraction of sp³-hybridized carbons (Fsp3) is 0.250. The van der Waals surface area contributed by atoms with Gasteiger partial charge in [0.05, 0.1) is 6.04 Å². The third-order valence-electron chi connectivity index (χ3n) is 2.82. The van der Waals surface area contributed by atoms with Crippen molar-refractivity contribution in [1.82, 2.24) is 20.1 Å². The lowest BCUT2D eigenvalue weighted by Gasteiger charge is -2.13. The van der Waals surface area contributed by atoms with Crippen LogP contribution in [0.25, 0.3) is 0 Å². The summed E-state index contributed by atoms with van der Waals surface area (Å²) in [4.78, 5) is 11.9. The van der Waals surface area contributed by atoms with E-state index in [1.54, 1.807) is 18.5 Å². The van der Waals surface area contributed by atoms with Crippen molar-refractivity contribution in [2.75, 3.05) is 5.73 Å². The van der Waals surface area contributed by atoms with E-state index in [1.165, 1.54) is 6.33 Å². The Labute approximate surface area is 113 Å². The molecule has 0 aliphatic heterocycles. The van der Waals surface area contributed by atoms with Gasteiger partial charge in [-0.3, -0.25) is 4.79 Å². The lowest BCUT2D eigenvalue weighted by Crippen LogP contribution is -2.28. The first-order valence-corrected chi connectivity index (χ1v) is 5.79. The third-order valence-corrected chi connectivity index (χ3v) is 2.82. The highest BCUT2D eigenvalue weighted by atomic mass is 19.1. The van der Waals surface area contributed by atoms with Gasteiger partial charge < -0.3 is 15.6 Å². The molecule has 1 heterocycles. The average molecular weight is 281 g/mol. The number of aromatic nitrogens is 3. The number of nitrogens with two attached hydrogens (primary N) is 1. The van der Waals surface area contributed by atoms with Crippen molar-refractivity contribution in [3.8, 4) is 0 Å². The third kappa shape index (κ3) is 2.58. The van der Waals surface area contributed by atoms with Gasteiger partial charge in [-0.05, 0) is 19.1 Å². The molecule has 0 aliphatic carbocycles. The number of carbonyl (C=O) groups excluding carboxylic acids is 1. The molecule has 0 spiro atoms. The molecule has 0 bridgehead atoms. The predicted octanol–water partition coefficient (Wildman–Crippen LogP) is 1.17. The summed E-state index contributed by atoms with van der Waals surface area (Å²) >= 11 is 0. The first kappa shape index (κ1) is 13.9. The van der Waals surface area contributed by atoms with E-state index in [2.05, 4.69) is 15.5 Å². The molecule has 0 saturated carbocycles. The number of nitrogen functional groups attached to an aromatic ring is 1. The SMILES string of the molecule is CC(NC(=O)c1cc(F)c(N)c(F)c1)c1nncn1C. The van der Waals surface area contributed by atoms with Crippen molar-refractivity contribution in [2.45, 2.75) is 13.0 Å². The first-order chi connectivity index (χ1) is 9.40. The minimum atomic E-state index is -0.971. The van der Waals surface area contributed by atoms with E-state index in [1.807, 2.05) is 0 Å². The first-order valence-electron chi connectivity index (χ1n) is 5.79. The molecule has 1 unspecified atom stereocenters. The second kappa shape index (κ2) is 5.24. The smallest absolute Gasteiger partial charge is 0.252 e. The summed E-state index contributed by atoms with van der Waals surface area (Å²) in [7, 11) is 1.72. The number of amides is 1. The van der Waals surface area contributed by atoms with Crippen LogP contribution in [0.5, 0.6) is 0 Å². The molecule has 0 radical (unpaired) electrons.